The minimum atomic E-state index is -4.87. The molecule has 1 saturated carbocycles. The molecule has 1 spiro atoms. The fourth-order valence-electron chi connectivity index (χ4n) is 4.83. The lowest BCUT2D eigenvalue weighted by Crippen LogP contribution is -2.50. The largest absolute Gasteiger partial charge is 0.461 e. The number of carbonyl (C=O) groups is 2. The quantitative estimate of drug-likeness (QED) is 0.534. The summed E-state index contributed by atoms with van der Waals surface area (Å²) in [6.45, 7) is 4.72. The molecule has 0 aromatic heterocycles. The van der Waals surface area contributed by atoms with Gasteiger partial charge in [-0.05, 0) is 63.5 Å². The third-order valence-electron chi connectivity index (χ3n) is 7.04. The predicted molar refractivity (Wildman–Crippen MR) is 107 cm³/mol. The molecule has 7 nitrogen and oxygen atoms in total. The molecule has 166 valence electrons. The van der Waals surface area contributed by atoms with Gasteiger partial charge in [0.2, 0.25) is 0 Å². The van der Waals surface area contributed by atoms with Crippen LogP contribution in [0, 0.1) is 10.8 Å². The Hall–Kier alpha value is -2.36. The van der Waals surface area contributed by atoms with Crippen LogP contribution in [-0.2, 0) is 19.8 Å². The Kier molecular flexibility index (Phi) is 4.63. The van der Waals surface area contributed by atoms with Gasteiger partial charge in [-0.25, -0.2) is 4.79 Å². The van der Waals surface area contributed by atoms with Gasteiger partial charge in [0.25, 0.3) is 0 Å². The summed E-state index contributed by atoms with van der Waals surface area (Å²) in [5, 5.41) is 21.9. The van der Waals surface area contributed by atoms with E-state index >= 15 is 0 Å². The number of aliphatic hydroxyl groups is 2. The average molecular weight is 450 g/mol. The Labute approximate surface area is 179 Å². The number of aliphatic hydroxyl groups excluding tert-OH is 1. The molecule has 0 saturated heterocycles. The highest BCUT2D eigenvalue weighted by Gasteiger charge is 2.66. The Morgan fingerprint density at radius 1 is 1.23 bits per heavy atom. The predicted octanol–water partition coefficient (Wildman–Crippen LogP) is 2.24. The smallest absolute Gasteiger partial charge is 0.338 e. The maximum Gasteiger partial charge on any atom is 0.338 e. The summed E-state index contributed by atoms with van der Waals surface area (Å²) >= 11 is 0. The fourth-order valence-corrected chi connectivity index (χ4v) is 5.29. The van der Waals surface area contributed by atoms with Crippen molar-refractivity contribution in [1.29, 1.82) is 0 Å². The van der Waals surface area contributed by atoms with E-state index in [2.05, 4.69) is 0 Å². The molecule has 1 aromatic rings. The molecule has 3 aliphatic rings. The molecule has 3 aliphatic carbocycles. The molecular formula is C22H23FO7S. The lowest BCUT2D eigenvalue weighted by molar-refractivity contribution is -0.138. The van der Waals surface area contributed by atoms with Gasteiger partial charge in [-0.3, -0.25) is 4.79 Å². The molecule has 0 amide bonds. The first-order valence-electron chi connectivity index (χ1n) is 9.86. The molecule has 9 heteroatoms. The molecular weight excluding hydrogens is 427 g/mol. The number of hydrogen-bond donors (Lipinski definition) is 2. The van der Waals surface area contributed by atoms with Gasteiger partial charge in [0.1, 0.15) is 12.2 Å². The van der Waals surface area contributed by atoms with Crippen LogP contribution in [0.5, 0.6) is 0 Å². The number of halogens is 1. The van der Waals surface area contributed by atoms with E-state index in [4.69, 9.17) is 4.74 Å². The van der Waals surface area contributed by atoms with Crippen molar-refractivity contribution < 1.29 is 36.8 Å². The highest BCUT2D eigenvalue weighted by atomic mass is 32.3. The number of ketones is 1. The van der Waals surface area contributed by atoms with E-state index in [0.717, 1.165) is 29.8 Å². The van der Waals surface area contributed by atoms with E-state index in [1.165, 1.54) is 6.92 Å². The molecule has 0 unspecified atom stereocenters. The molecule has 0 bridgehead atoms. The van der Waals surface area contributed by atoms with E-state index in [9.17, 15) is 32.1 Å². The second-order valence-corrected chi connectivity index (χ2v) is 10.4. The molecule has 3 atom stereocenters. The van der Waals surface area contributed by atoms with Gasteiger partial charge in [-0.1, -0.05) is 11.6 Å². The molecule has 1 aromatic carbocycles. The van der Waals surface area contributed by atoms with E-state index in [-0.39, 0.29) is 17.7 Å². The molecule has 0 aliphatic heterocycles. The highest BCUT2D eigenvalue weighted by molar-refractivity contribution is 7.86. The number of Topliss-reactive ketones (excluding diaryl/α,β-unsaturated/α-hetero) is 1. The molecule has 2 N–H and O–H groups in total. The number of benzene rings is 1. The minimum absolute atomic E-state index is 0.0138. The summed E-state index contributed by atoms with van der Waals surface area (Å²) < 4.78 is 40.1. The van der Waals surface area contributed by atoms with Crippen LogP contribution >= 0.6 is 0 Å². The number of carbonyl (C=O) groups excluding carboxylic acids is 2. The standard InChI is InChI=1S/C22H23FO7S/c1-12-16-15(17(24)21(3,27)22(12)8-9-22)10-20(2,18(16)25)11-30-19(26)13-4-6-14(7-5-13)31(23,28)29/h4-7,10,18,25,27H,8-9,11H2,1-3H3/t18-,20+,21+/m0/s1. The van der Waals surface area contributed by atoms with Crippen LogP contribution in [0.15, 0.2) is 52.0 Å². The van der Waals surface area contributed by atoms with Crippen molar-refractivity contribution in [3.05, 3.63) is 52.6 Å². The van der Waals surface area contributed by atoms with Crippen LogP contribution in [0.1, 0.15) is 44.0 Å². The van der Waals surface area contributed by atoms with Crippen LogP contribution < -0.4 is 0 Å². The van der Waals surface area contributed by atoms with Crippen LogP contribution in [0.4, 0.5) is 3.89 Å². The minimum Gasteiger partial charge on any atom is -0.461 e. The normalized spacial score (nSPS) is 31.5. The first kappa shape index (κ1) is 21.9. The zero-order valence-electron chi connectivity index (χ0n) is 17.3. The highest BCUT2D eigenvalue weighted by Crippen LogP contribution is 2.65. The molecule has 1 fully saturated rings. The zero-order chi connectivity index (χ0) is 23.0. The summed E-state index contributed by atoms with van der Waals surface area (Å²) in [5.74, 6) is -1.23. The van der Waals surface area contributed by atoms with Gasteiger partial charge in [-0.2, -0.15) is 8.42 Å². The van der Waals surface area contributed by atoms with Crippen molar-refractivity contribution in [2.24, 2.45) is 10.8 Å². The summed E-state index contributed by atoms with van der Waals surface area (Å²) in [4.78, 5) is 24.8. The van der Waals surface area contributed by atoms with Crippen LogP contribution in [0.25, 0.3) is 0 Å². The maximum absolute atomic E-state index is 13.0. The number of ether oxygens (including phenoxy) is 1. The van der Waals surface area contributed by atoms with Gasteiger partial charge in [0.15, 0.2) is 5.78 Å². The van der Waals surface area contributed by atoms with E-state index in [0.29, 0.717) is 18.4 Å². The monoisotopic (exact) mass is 450 g/mol. The fraction of sp³-hybridized carbons (Fsp3) is 0.455. The molecule has 0 radical (unpaired) electrons. The SMILES string of the molecule is CC1=C2C(=C[C@](C)(COC(=O)c3ccc(S(=O)(=O)F)cc3)[C@H]2O)C(=O)[C@@](C)(O)C12CC2. The van der Waals surface area contributed by atoms with Crippen molar-refractivity contribution in [3.8, 4) is 0 Å². The zero-order valence-corrected chi connectivity index (χ0v) is 18.1. The Morgan fingerprint density at radius 3 is 2.32 bits per heavy atom. The number of rotatable bonds is 4. The first-order chi connectivity index (χ1) is 14.2. The molecule has 0 heterocycles. The lowest BCUT2D eigenvalue weighted by Gasteiger charge is -2.39. The van der Waals surface area contributed by atoms with Gasteiger partial charge < -0.3 is 14.9 Å². The van der Waals surface area contributed by atoms with Gasteiger partial charge >= 0.3 is 16.2 Å². The third-order valence-corrected chi connectivity index (χ3v) is 7.87. The first-order valence-corrected chi connectivity index (χ1v) is 11.2. The van der Waals surface area contributed by atoms with E-state index in [1.807, 2.05) is 6.92 Å². The number of esters is 1. The lowest BCUT2D eigenvalue weighted by atomic mass is 9.67. The van der Waals surface area contributed by atoms with Crippen molar-refractivity contribution in [2.45, 2.75) is 50.2 Å². The maximum atomic E-state index is 13.0. The topological polar surface area (TPSA) is 118 Å². The van der Waals surface area contributed by atoms with Crippen molar-refractivity contribution in [2.75, 3.05) is 6.61 Å². The number of hydrogen-bond acceptors (Lipinski definition) is 7. The number of fused-ring (bicyclic) bond motifs is 1. The summed E-state index contributed by atoms with van der Waals surface area (Å²) in [5.41, 5.74) is -1.75. The molecule has 4 rings (SSSR count). The van der Waals surface area contributed by atoms with E-state index < -0.39 is 49.4 Å². The van der Waals surface area contributed by atoms with Crippen molar-refractivity contribution >= 4 is 22.0 Å². The van der Waals surface area contributed by atoms with Crippen molar-refractivity contribution in [3.63, 3.8) is 0 Å². The summed E-state index contributed by atoms with van der Waals surface area (Å²) in [6, 6.07) is 4.17. The van der Waals surface area contributed by atoms with Crippen molar-refractivity contribution in [1.82, 2.24) is 0 Å². The van der Waals surface area contributed by atoms with E-state index in [1.54, 1.807) is 13.0 Å². The second kappa shape index (κ2) is 6.57. The van der Waals surface area contributed by atoms with Crippen LogP contribution in [-0.4, -0.2) is 48.7 Å². The summed E-state index contributed by atoms with van der Waals surface area (Å²) in [6.07, 6.45) is 1.79. The van der Waals surface area contributed by atoms with Gasteiger partial charge in [0, 0.05) is 11.0 Å². The van der Waals surface area contributed by atoms with Gasteiger partial charge in [0.05, 0.1) is 22.0 Å². The third kappa shape index (κ3) is 3.09. The Bertz CT molecular complexity index is 1160. The average Bonchev–Trinajstić information content (AvgIpc) is 3.47. The van der Waals surface area contributed by atoms with Crippen LogP contribution in [0.2, 0.25) is 0 Å². The molecule has 31 heavy (non-hydrogen) atoms. The second-order valence-electron chi connectivity index (χ2n) is 9.03. The summed E-state index contributed by atoms with van der Waals surface area (Å²) in [7, 11) is -4.87. The Morgan fingerprint density at radius 2 is 1.81 bits per heavy atom. The Balaban J connectivity index is 1.57. The van der Waals surface area contributed by atoms with Crippen LogP contribution in [0.3, 0.4) is 0 Å². The van der Waals surface area contributed by atoms with Gasteiger partial charge in [-0.15, -0.1) is 3.89 Å².